The maximum Gasteiger partial charge on any atom is 0.0545 e. The Bertz CT molecular complexity index is 307. The van der Waals surface area contributed by atoms with Gasteiger partial charge < -0.3 is 5.73 Å². The second-order valence-corrected chi connectivity index (χ2v) is 4.57. The zero-order valence-electron chi connectivity index (χ0n) is 9.32. The van der Waals surface area contributed by atoms with Crippen molar-refractivity contribution in [3.8, 4) is 0 Å². The molecule has 3 nitrogen and oxygen atoms in total. The van der Waals surface area contributed by atoms with Crippen molar-refractivity contribution in [3.63, 3.8) is 0 Å². The lowest BCUT2D eigenvalue weighted by molar-refractivity contribution is 0.175. The van der Waals surface area contributed by atoms with Crippen LogP contribution in [0.25, 0.3) is 0 Å². The molecule has 1 aliphatic heterocycles. The third-order valence-electron chi connectivity index (χ3n) is 2.97. The van der Waals surface area contributed by atoms with Crippen LogP contribution in [0.5, 0.6) is 0 Å². The quantitative estimate of drug-likeness (QED) is 0.801. The average Bonchev–Trinajstić information content (AvgIpc) is 2.22. The van der Waals surface area contributed by atoms with Gasteiger partial charge in [-0.15, -0.1) is 0 Å². The molecule has 1 fully saturated rings. The molecule has 1 atom stereocenters. The van der Waals surface area contributed by atoms with E-state index >= 15 is 0 Å². The number of hydrogen-bond acceptors (Lipinski definition) is 3. The van der Waals surface area contributed by atoms with E-state index in [1.54, 1.807) is 6.20 Å². The molecule has 82 valence electrons. The highest BCUT2D eigenvalue weighted by Gasteiger charge is 2.16. The highest BCUT2D eigenvalue weighted by Crippen LogP contribution is 2.17. The lowest BCUT2D eigenvalue weighted by Gasteiger charge is -2.30. The van der Waals surface area contributed by atoms with Gasteiger partial charge >= 0.3 is 0 Å². The molecule has 1 aromatic rings. The molecule has 2 rings (SSSR count). The van der Waals surface area contributed by atoms with Crippen molar-refractivity contribution in [2.75, 3.05) is 18.8 Å². The molecular weight excluding hydrogens is 186 g/mol. The number of aromatic nitrogens is 1. The summed E-state index contributed by atoms with van der Waals surface area (Å²) in [6, 6.07) is 3.95. The number of likely N-dealkylation sites (tertiary alicyclic amines) is 1. The van der Waals surface area contributed by atoms with Crippen molar-refractivity contribution in [1.29, 1.82) is 0 Å². The van der Waals surface area contributed by atoms with Crippen LogP contribution in [0.2, 0.25) is 0 Å². The van der Waals surface area contributed by atoms with Crippen LogP contribution in [-0.2, 0) is 6.54 Å². The van der Waals surface area contributed by atoms with E-state index in [1.165, 1.54) is 25.9 Å². The van der Waals surface area contributed by atoms with Crippen LogP contribution < -0.4 is 5.73 Å². The molecule has 2 N–H and O–H groups in total. The molecule has 0 aromatic carbocycles. The zero-order chi connectivity index (χ0) is 10.7. The fourth-order valence-corrected chi connectivity index (χ4v) is 2.19. The lowest BCUT2D eigenvalue weighted by Crippen LogP contribution is -2.33. The molecule has 1 unspecified atom stereocenters. The van der Waals surface area contributed by atoms with Gasteiger partial charge in [-0.3, -0.25) is 9.88 Å². The van der Waals surface area contributed by atoms with Crippen molar-refractivity contribution in [3.05, 3.63) is 24.0 Å². The molecule has 0 aliphatic carbocycles. The van der Waals surface area contributed by atoms with Crippen LogP contribution in [0, 0.1) is 5.92 Å². The predicted molar refractivity (Wildman–Crippen MR) is 62.3 cm³/mol. The van der Waals surface area contributed by atoms with Crippen LogP contribution >= 0.6 is 0 Å². The standard InChI is InChI=1S/C12H19N3/c1-10-3-2-6-15(8-10)9-12-5-4-11(13)7-14-12/h4-5,7,10H,2-3,6,8-9,13H2,1H3. The monoisotopic (exact) mass is 205 g/mol. The van der Waals surface area contributed by atoms with Crippen LogP contribution in [0.1, 0.15) is 25.5 Å². The Kier molecular flexibility index (Phi) is 3.21. The largest absolute Gasteiger partial charge is 0.397 e. The zero-order valence-corrected chi connectivity index (χ0v) is 9.32. The number of hydrogen-bond donors (Lipinski definition) is 1. The number of rotatable bonds is 2. The Morgan fingerprint density at radius 1 is 1.53 bits per heavy atom. The number of anilines is 1. The summed E-state index contributed by atoms with van der Waals surface area (Å²) in [4.78, 5) is 6.81. The summed E-state index contributed by atoms with van der Waals surface area (Å²) in [5.74, 6) is 0.826. The van der Waals surface area contributed by atoms with Gasteiger partial charge in [-0.2, -0.15) is 0 Å². The fourth-order valence-electron chi connectivity index (χ4n) is 2.19. The van der Waals surface area contributed by atoms with Gasteiger partial charge in [-0.25, -0.2) is 0 Å². The summed E-state index contributed by atoms with van der Waals surface area (Å²) in [7, 11) is 0. The van der Waals surface area contributed by atoms with Crippen molar-refractivity contribution in [2.45, 2.75) is 26.3 Å². The van der Waals surface area contributed by atoms with Gasteiger partial charge in [0, 0.05) is 13.1 Å². The van der Waals surface area contributed by atoms with Gasteiger partial charge in [-0.05, 0) is 37.4 Å². The number of pyridine rings is 1. The van der Waals surface area contributed by atoms with E-state index in [0.29, 0.717) is 0 Å². The van der Waals surface area contributed by atoms with Gasteiger partial charge in [0.15, 0.2) is 0 Å². The normalized spacial score (nSPS) is 22.9. The van der Waals surface area contributed by atoms with Crippen LogP contribution in [0.3, 0.4) is 0 Å². The predicted octanol–water partition coefficient (Wildman–Crippen LogP) is 1.90. The third-order valence-corrected chi connectivity index (χ3v) is 2.97. The Hall–Kier alpha value is -1.09. The van der Waals surface area contributed by atoms with E-state index in [9.17, 15) is 0 Å². The highest BCUT2D eigenvalue weighted by molar-refractivity contribution is 5.34. The molecule has 3 heteroatoms. The first-order valence-corrected chi connectivity index (χ1v) is 5.67. The molecule has 0 saturated carbocycles. The number of piperidine rings is 1. The summed E-state index contributed by atoms with van der Waals surface area (Å²) in [5.41, 5.74) is 7.47. The topological polar surface area (TPSA) is 42.1 Å². The lowest BCUT2D eigenvalue weighted by atomic mass is 10.0. The van der Waals surface area contributed by atoms with E-state index in [-0.39, 0.29) is 0 Å². The van der Waals surface area contributed by atoms with Crippen molar-refractivity contribution in [1.82, 2.24) is 9.88 Å². The Morgan fingerprint density at radius 2 is 2.40 bits per heavy atom. The van der Waals surface area contributed by atoms with Crippen molar-refractivity contribution < 1.29 is 0 Å². The molecule has 2 heterocycles. The second kappa shape index (κ2) is 4.62. The molecule has 1 aromatic heterocycles. The molecule has 15 heavy (non-hydrogen) atoms. The Morgan fingerprint density at radius 3 is 3.07 bits per heavy atom. The summed E-state index contributed by atoms with van der Waals surface area (Å²) in [6.45, 7) is 5.69. The Balaban J connectivity index is 1.93. The molecule has 0 bridgehead atoms. The molecule has 1 saturated heterocycles. The minimum atomic E-state index is 0.741. The van der Waals surface area contributed by atoms with E-state index in [0.717, 1.165) is 23.8 Å². The van der Waals surface area contributed by atoms with E-state index < -0.39 is 0 Å². The molecule has 0 radical (unpaired) electrons. The van der Waals surface area contributed by atoms with Crippen molar-refractivity contribution in [2.24, 2.45) is 5.92 Å². The summed E-state index contributed by atoms with van der Waals surface area (Å²) < 4.78 is 0. The van der Waals surface area contributed by atoms with Gasteiger partial charge in [0.1, 0.15) is 0 Å². The van der Waals surface area contributed by atoms with Gasteiger partial charge in [0.2, 0.25) is 0 Å². The highest BCUT2D eigenvalue weighted by atomic mass is 15.1. The van der Waals surface area contributed by atoms with Crippen LogP contribution in [-0.4, -0.2) is 23.0 Å². The first-order valence-electron chi connectivity index (χ1n) is 5.67. The number of nitrogens with two attached hydrogens (primary N) is 1. The summed E-state index contributed by atoms with van der Waals surface area (Å²) >= 11 is 0. The first kappa shape index (κ1) is 10.4. The van der Waals surface area contributed by atoms with Crippen molar-refractivity contribution >= 4 is 5.69 Å². The number of nitrogen functional groups attached to an aromatic ring is 1. The molecular formula is C12H19N3. The average molecular weight is 205 g/mol. The van der Waals surface area contributed by atoms with Crippen LogP contribution in [0.4, 0.5) is 5.69 Å². The van der Waals surface area contributed by atoms with Crippen LogP contribution in [0.15, 0.2) is 18.3 Å². The number of nitrogens with zero attached hydrogens (tertiary/aromatic N) is 2. The second-order valence-electron chi connectivity index (χ2n) is 4.57. The van der Waals surface area contributed by atoms with Gasteiger partial charge in [0.05, 0.1) is 17.6 Å². The van der Waals surface area contributed by atoms with Gasteiger partial charge in [-0.1, -0.05) is 6.92 Å². The Labute approximate surface area is 91.3 Å². The minimum absolute atomic E-state index is 0.741. The third kappa shape index (κ3) is 2.93. The maximum absolute atomic E-state index is 5.61. The van der Waals surface area contributed by atoms with E-state index in [4.69, 9.17) is 5.73 Å². The summed E-state index contributed by atoms with van der Waals surface area (Å²) in [6.07, 6.45) is 4.42. The SMILES string of the molecule is CC1CCCN(Cc2ccc(N)cn2)C1. The maximum atomic E-state index is 5.61. The van der Waals surface area contributed by atoms with Gasteiger partial charge in [0.25, 0.3) is 0 Å². The minimum Gasteiger partial charge on any atom is -0.397 e. The van der Waals surface area contributed by atoms with E-state index in [2.05, 4.69) is 16.8 Å². The first-order chi connectivity index (χ1) is 7.24. The molecule has 1 aliphatic rings. The van der Waals surface area contributed by atoms with E-state index in [1.807, 2.05) is 12.1 Å². The molecule has 0 amide bonds. The fraction of sp³-hybridized carbons (Fsp3) is 0.583. The smallest absolute Gasteiger partial charge is 0.0545 e. The molecule has 0 spiro atoms. The summed E-state index contributed by atoms with van der Waals surface area (Å²) in [5, 5.41) is 0.